The van der Waals surface area contributed by atoms with E-state index in [0.29, 0.717) is 5.56 Å². The van der Waals surface area contributed by atoms with Crippen LogP contribution in [-0.2, 0) is 4.79 Å². The van der Waals surface area contributed by atoms with Crippen molar-refractivity contribution >= 4 is 5.91 Å². The summed E-state index contributed by atoms with van der Waals surface area (Å²) in [6.45, 7) is 1.65. The molecule has 3 heterocycles. The van der Waals surface area contributed by atoms with Gasteiger partial charge in [-0.25, -0.2) is 8.78 Å². The number of carbonyl (C=O) groups is 1. The van der Waals surface area contributed by atoms with E-state index >= 15 is 0 Å². The molecule has 2 saturated heterocycles. The number of pyridine rings is 1. The van der Waals surface area contributed by atoms with E-state index in [2.05, 4.69) is 4.98 Å². The number of carbonyl (C=O) groups excluding carboxylic acids is 1. The first kappa shape index (κ1) is 14.9. The lowest BCUT2D eigenvalue weighted by Crippen LogP contribution is -2.40. The van der Waals surface area contributed by atoms with Gasteiger partial charge < -0.3 is 4.90 Å². The van der Waals surface area contributed by atoms with Crippen LogP contribution < -0.4 is 0 Å². The Morgan fingerprint density at radius 2 is 2.27 bits per heavy atom. The fraction of sp³-hybridized carbons (Fsp3) is 0.562. The number of aromatic nitrogens is 1. The van der Waals surface area contributed by atoms with Crippen molar-refractivity contribution in [1.29, 1.82) is 5.26 Å². The van der Waals surface area contributed by atoms with E-state index in [1.54, 1.807) is 24.1 Å². The third-order valence-electron chi connectivity index (χ3n) is 5.08. The van der Waals surface area contributed by atoms with Gasteiger partial charge in [0, 0.05) is 18.4 Å². The normalized spacial score (nSPS) is 30.7. The van der Waals surface area contributed by atoms with Gasteiger partial charge in [0.05, 0.1) is 11.6 Å². The summed E-state index contributed by atoms with van der Waals surface area (Å²) >= 11 is 0. The van der Waals surface area contributed by atoms with Crippen LogP contribution in [0.2, 0.25) is 0 Å². The number of alkyl halides is 2. The first-order chi connectivity index (χ1) is 10.5. The van der Waals surface area contributed by atoms with Crippen molar-refractivity contribution in [3.05, 3.63) is 29.6 Å². The fourth-order valence-electron chi connectivity index (χ4n) is 3.82. The number of halogens is 2. The highest BCUT2D eigenvalue weighted by Gasteiger charge is 2.59. The van der Waals surface area contributed by atoms with Crippen molar-refractivity contribution in [2.75, 3.05) is 0 Å². The second kappa shape index (κ2) is 5.31. The second-order valence-electron chi connectivity index (χ2n) is 6.09. The minimum absolute atomic E-state index is 0.128. The van der Waals surface area contributed by atoms with Crippen molar-refractivity contribution in [2.45, 2.75) is 51.1 Å². The van der Waals surface area contributed by atoms with Crippen LogP contribution >= 0.6 is 0 Å². The average molecular weight is 305 g/mol. The Hall–Kier alpha value is -2.03. The van der Waals surface area contributed by atoms with Gasteiger partial charge in [-0.05, 0) is 37.3 Å². The largest absolute Gasteiger partial charge is 0.332 e. The van der Waals surface area contributed by atoms with Gasteiger partial charge in [-0.15, -0.1) is 0 Å². The molecule has 4 nitrogen and oxygen atoms in total. The standard InChI is InChI=1S/C16H17F2N3O/c1-2-16(14(17)18)6-12-3-4-13(21(12)15(16)22)11-5-10(7-19)8-20-9-11/h5,8-9,12-14H,2-4,6H2,1H3/t12-,13-,16-/m0/s1. The SMILES string of the molecule is CC[C@@]1(C(F)F)C[C@@H]2CC[C@@H](c3cncc(C#N)c3)N2C1=O. The zero-order chi connectivity index (χ0) is 15.9. The molecule has 2 fully saturated rings. The molecule has 0 spiro atoms. The van der Waals surface area contributed by atoms with Crippen molar-refractivity contribution in [3.8, 4) is 6.07 Å². The van der Waals surface area contributed by atoms with E-state index in [4.69, 9.17) is 5.26 Å². The molecule has 1 aromatic heterocycles. The van der Waals surface area contributed by atoms with Gasteiger partial charge in [-0.3, -0.25) is 9.78 Å². The van der Waals surface area contributed by atoms with Crippen molar-refractivity contribution < 1.29 is 13.6 Å². The van der Waals surface area contributed by atoms with Gasteiger partial charge in [0.15, 0.2) is 0 Å². The number of hydrogen-bond acceptors (Lipinski definition) is 3. The van der Waals surface area contributed by atoms with Crippen LogP contribution in [-0.4, -0.2) is 28.3 Å². The monoisotopic (exact) mass is 305 g/mol. The number of rotatable bonds is 3. The van der Waals surface area contributed by atoms with Crippen LogP contribution in [0.4, 0.5) is 8.78 Å². The lowest BCUT2D eigenvalue weighted by atomic mass is 9.81. The molecule has 0 unspecified atom stereocenters. The summed E-state index contributed by atoms with van der Waals surface area (Å²) in [6.07, 6.45) is 2.27. The molecule has 6 heteroatoms. The molecule has 3 rings (SSSR count). The Morgan fingerprint density at radius 3 is 2.91 bits per heavy atom. The molecular weight excluding hydrogens is 288 g/mol. The summed E-state index contributed by atoms with van der Waals surface area (Å²) in [7, 11) is 0. The van der Waals surface area contributed by atoms with Gasteiger partial charge in [0.2, 0.25) is 5.91 Å². The Kier molecular flexibility index (Phi) is 3.59. The van der Waals surface area contributed by atoms with Crippen molar-refractivity contribution in [2.24, 2.45) is 5.41 Å². The molecule has 3 atom stereocenters. The third-order valence-corrected chi connectivity index (χ3v) is 5.08. The van der Waals surface area contributed by atoms with Crippen LogP contribution in [0.25, 0.3) is 0 Å². The Balaban J connectivity index is 1.95. The molecule has 2 aliphatic rings. The maximum absolute atomic E-state index is 13.5. The van der Waals surface area contributed by atoms with Gasteiger partial charge in [0.1, 0.15) is 11.5 Å². The second-order valence-corrected chi connectivity index (χ2v) is 6.09. The van der Waals surface area contributed by atoms with Crippen LogP contribution in [0.5, 0.6) is 0 Å². The molecular formula is C16H17F2N3O. The van der Waals surface area contributed by atoms with Crippen LogP contribution in [0.15, 0.2) is 18.5 Å². The number of fused-ring (bicyclic) bond motifs is 1. The minimum atomic E-state index is -2.64. The summed E-state index contributed by atoms with van der Waals surface area (Å²) in [5.74, 6) is -0.445. The summed E-state index contributed by atoms with van der Waals surface area (Å²) in [5, 5.41) is 8.97. The van der Waals surface area contributed by atoms with E-state index in [1.165, 1.54) is 6.20 Å². The van der Waals surface area contributed by atoms with Gasteiger partial charge in [0.25, 0.3) is 6.43 Å². The summed E-state index contributed by atoms with van der Waals surface area (Å²) in [6, 6.07) is 3.34. The lowest BCUT2D eigenvalue weighted by Gasteiger charge is -2.29. The van der Waals surface area contributed by atoms with E-state index in [-0.39, 0.29) is 24.9 Å². The van der Waals surface area contributed by atoms with Crippen molar-refractivity contribution in [3.63, 3.8) is 0 Å². The first-order valence-electron chi connectivity index (χ1n) is 7.49. The first-order valence-corrected chi connectivity index (χ1v) is 7.49. The van der Waals surface area contributed by atoms with Crippen molar-refractivity contribution in [1.82, 2.24) is 9.88 Å². The molecule has 0 aliphatic carbocycles. The predicted molar refractivity (Wildman–Crippen MR) is 74.9 cm³/mol. The molecule has 22 heavy (non-hydrogen) atoms. The fourth-order valence-corrected chi connectivity index (χ4v) is 3.82. The third kappa shape index (κ3) is 1.99. The van der Waals surface area contributed by atoms with E-state index in [9.17, 15) is 13.6 Å². The predicted octanol–water partition coefficient (Wildman–Crippen LogP) is 3.05. The van der Waals surface area contributed by atoms with Gasteiger partial charge in [-0.1, -0.05) is 6.92 Å². The smallest absolute Gasteiger partial charge is 0.252 e. The number of nitriles is 1. The maximum atomic E-state index is 13.5. The van der Waals surface area contributed by atoms with Crippen LogP contribution in [0.1, 0.15) is 49.8 Å². The zero-order valence-electron chi connectivity index (χ0n) is 12.3. The lowest BCUT2D eigenvalue weighted by molar-refractivity contribution is -0.146. The molecule has 0 bridgehead atoms. The summed E-state index contributed by atoms with van der Waals surface area (Å²) in [4.78, 5) is 18.3. The Morgan fingerprint density at radius 1 is 1.50 bits per heavy atom. The molecule has 0 N–H and O–H groups in total. The van der Waals surface area contributed by atoms with E-state index in [0.717, 1.165) is 18.4 Å². The average Bonchev–Trinajstić information content (AvgIpc) is 3.06. The number of nitrogens with zero attached hydrogens (tertiary/aromatic N) is 3. The van der Waals surface area contributed by atoms with E-state index < -0.39 is 17.7 Å². The van der Waals surface area contributed by atoms with Gasteiger partial charge in [-0.2, -0.15) is 5.26 Å². The Bertz CT molecular complexity index is 643. The van der Waals surface area contributed by atoms with Gasteiger partial charge >= 0.3 is 0 Å². The quantitative estimate of drug-likeness (QED) is 0.862. The van der Waals surface area contributed by atoms with Crippen LogP contribution in [0.3, 0.4) is 0 Å². The maximum Gasteiger partial charge on any atom is 0.252 e. The topological polar surface area (TPSA) is 57.0 Å². The molecule has 116 valence electrons. The summed E-state index contributed by atoms with van der Waals surface area (Å²) in [5.41, 5.74) is -0.358. The number of hydrogen-bond donors (Lipinski definition) is 0. The molecule has 0 radical (unpaired) electrons. The minimum Gasteiger partial charge on any atom is -0.332 e. The number of amides is 1. The zero-order valence-corrected chi connectivity index (χ0v) is 12.3. The highest BCUT2D eigenvalue weighted by Crippen LogP contribution is 2.52. The molecule has 1 aromatic rings. The summed E-state index contributed by atoms with van der Waals surface area (Å²) < 4.78 is 27.0. The highest BCUT2D eigenvalue weighted by atomic mass is 19.3. The molecule has 0 saturated carbocycles. The Labute approximate surface area is 127 Å². The van der Waals surface area contributed by atoms with Crippen LogP contribution in [0, 0.1) is 16.7 Å². The molecule has 1 amide bonds. The van der Waals surface area contributed by atoms with E-state index in [1.807, 2.05) is 6.07 Å². The molecule has 2 aliphatic heterocycles. The highest BCUT2D eigenvalue weighted by molar-refractivity contribution is 5.86. The molecule has 0 aromatic carbocycles.